The first-order valence-electron chi connectivity index (χ1n) is 4.85. The minimum absolute atomic E-state index is 0.241. The summed E-state index contributed by atoms with van der Waals surface area (Å²) in [6, 6.07) is 3.29. The van der Waals surface area contributed by atoms with E-state index in [2.05, 4.69) is 20.9 Å². The molecule has 1 aromatic rings. The van der Waals surface area contributed by atoms with Crippen molar-refractivity contribution in [2.75, 3.05) is 0 Å². The monoisotopic (exact) mass is 321 g/mol. The van der Waals surface area contributed by atoms with E-state index in [0.29, 0.717) is 5.69 Å². The van der Waals surface area contributed by atoms with Crippen molar-refractivity contribution >= 4 is 31.7 Å². The molecule has 1 rings (SSSR count). The Bertz CT molecular complexity index is 498. The smallest absolute Gasteiger partial charge is 0.304 e. The Morgan fingerprint density at radius 3 is 2.65 bits per heavy atom. The molecule has 0 bridgehead atoms. The molecule has 94 valence electrons. The van der Waals surface area contributed by atoms with Crippen LogP contribution < -0.4 is 0 Å². The van der Waals surface area contributed by atoms with Gasteiger partial charge in [0, 0.05) is 10.7 Å². The van der Waals surface area contributed by atoms with Crippen LogP contribution in [0.4, 0.5) is 0 Å². The number of hydrogen-bond donors (Lipinski definition) is 1. The average Bonchev–Trinajstić information content (AvgIpc) is 2.20. The van der Waals surface area contributed by atoms with Crippen LogP contribution in [0.5, 0.6) is 0 Å². The summed E-state index contributed by atoms with van der Waals surface area (Å²) in [4.78, 5) is 14.4. The van der Waals surface area contributed by atoms with Crippen molar-refractivity contribution in [1.29, 1.82) is 0 Å². The number of hydrogen-bond acceptors (Lipinski definition) is 4. The first kappa shape index (κ1) is 14.1. The maximum atomic E-state index is 11.8. The van der Waals surface area contributed by atoms with Gasteiger partial charge in [0.15, 0.2) is 9.84 Å². The lowest BCUT2D eigenvalue weighted by molar-refractivity contribution is -0.136. The highest BCUT2D eigenvalue weighted by Gasteiger charge is 2.24. The van der Waals surface area contributed by atoms with Crippen LogP contribution in [-0.4, -0.2) is 29.7 Å². The van der Waals surface area contributed by atoms with Gasteiger partial charge in [-0.3, -0.25) is 9.78 Å². The Morgan fingerprint density at radius 1 is 1.53 bits per heavy atom. The summed E-state index contributed by atoms with van der Waals surface area (Å²) < 4.78 is 24.4. The summed E-state index contributed by atoms with van der Waals surface area (Å²) in [7, 11) is -3.48. The Morgan fingerprint density at radius 2 is 2.18 bits per heavy atom. The summed E-state index contributed by atoms with van der Waals surface area (Å²) in [5, 5.41) is 7.65. The van der Waals surface area contributed by atoms with Gasteiger partial charge in [0.1, 0.15) is 0 Å². The van der Waals surface area contributed by atoms with Crippen molar-refractivity contribution in [2.24, 2.45) is 0 Å². The molecule has 1 N–H and O–H groups in total. The molecule has 0 aliphatic carbocycles. The summed E-state index contributed by atoms with van der Waals surface area (Å²) in [6.45, 7) is 1.39. The minimum atomic E-state index is -3.48. The predicted octanol–water partition coefficient (Wildman–Crippen LogP) is 1.62. The van der Waals surface area contributed by atoms with Crippen LogP contribution >= 0.6 is 15.9 Å². The van der Waals surface area contributed by atoms with E-state index in [-0.39, 0.29) is 5.75 Å². The zero-order valence-corrected chi connectivity index (χ0v) is 11.5. The van der Waals surface area contributed by atoms with Crippen LogP contribution in [0, 0.1) is 0 Å². The fourth-order valence-electron chi connectivity index (χ4n) is 1.21. The van der Waals surface area contributed by atoms with Crippen LogP contribution in [0.2, 0.25) is 0 Å². The van der Waals surface area contributed by atoms with Crippen LogP contribution in [-0.2, 0) is 20.4 Å². The number of nitrogens with zero attached hydrogens (tertiary/aromatic N) is 1. The topological polar surface area (TPSA) is 84.3 Å². The van der Waals surface area contributed by atoms with Gasteiger partial charge >= 0.3 is 5.97 Å². The fourth-order valence-corrected chi connectivity index (χ4v) is 2.71. The molecule has 1 atom stereocenters. The highest BCUT2D eigenvalue weighted by atomic mass is 79.9. The van der Waals surface area contributed by atoms with Crippen molar-refractivity contribution in [3.05, 3.63) is 28.5 Å². The van der Waals surface area contributed by atoms with E-state index in [0.717, 1.165) is 4.47 Å². The van der Waals surface area contributed by atoms with Gasteiger partial charge in [-0.1, -0.05) is 0 Å². The van der Waals surface area contributed by atoms with E-state index in [4.69, 9.17) is 5.11 Å². The second kappa shape index (κ2) is 5.59. The van der Waals surface area contributed by atoms with Gasteiger partial charge in [0.2, 0.25) is 0 Å². The maximum absolute atomic E-state index is 11.8. The van der Waals surface area contributed by atoms with Crippen molar-refractivity contribution in [3.63, 3.8) is 0 Å². The molecule has 0 radical (unpaired) electrons. The van der Waals surface area contributed by atoms with Crippen LogP contribution in [0.1, 0.15) is 19.0 Å². The Kier molecular flexibility index (Phi) is 4.64. The van der Waals surface area contributed by atoms with E-state index in [1.807, 2.05) is 0 Å². The lowest BCUT2D eigenvalue weighted by Crippen LogP contribution is -2.23. The SMILES string of the molecule is CC(CC(=O)O)S(=O)(=O)Cc1ccc(Br)cn1. The highest BCUT2D eigenvalue weighted by molar-refractivity contribution is 9.10. The van der Waals surface area contributed by atoms with E-state index >= 15 is 0 Å². The second-order valence-electron chi connectivity index (χ2n) is 3.68. The number of carbonyl (C=O) groups is 1. The summed E-state index contributed by atoms with van der Waals surface area (Å²) in [6.07, 6.45) is 1.12. The number of aromatic nitrogens is 1. The molecule has 0 spiro atoms. The predicted molar refractivity (Wildman–Crippen MR) is 66.3 cm³/mol. The van der Waals surface area contributed by atoms with Gasteiger partial charge in [0.25, 0.3) is 0 Å². The number of halogens is 1. The fraction of sp³-hybridized carbons (Fsp3) is 0.400. The number of carboxylic acids is 1. The van der Waals surface area contributed by atoms with E-state index in [1.54, 1.807) is 12.1 Å². The van der Waals surface area contributed by atoms with Gasteiger partial charge in [-0.2, -0.15) is 0 Å². The first-order chi connectivity index (χ1) is 7.81. The molecule has 0 saturated carbocycles. The molecular formula is C10H12BrNO4S. The van der Waals surface area contributed by atoms with Crippen LogP contribution in [0.3, 0.4) is 0 Å². The highest BCUT2D eigenvalue weighted by Crippen LogP contribution is 2.14. The van der Waals surface area contributed by atoms with E-state index in [1.165, 1.54) is 13.1 Å². The molecule has 0 amide bonds. The molecular weight excluding hydrogens is 310 g/mol. The largest absolute Gasteiger partial charge is 0.481 e. The van der Waals surface area contributed by atoms with Gasteiger partial charge in [-0.25, -0.2) is 8.42 Å². The molecule has 0 fully saturated rings. The third-order valence-electron chi connectivity index (χ3n) is 2.21. The zero-order valence-electron chi connectivity index (χ0n) is 9.13. The van der Waals surface area contributed by atoms with Crippen molar-refractivity contribution in [3.8, 4) is 0 Å². The molecule has 0 aliphatic heterocycles. The van der Waals surface area contributed by atoms with Crippen molar-refractivity contribution < 1.29 is 18.3 Å². The maximum Gasteiger partial charge on any atom is 0.304 e. The molecule has 0 aliphatic rings. The van der Waals surface area contributed by atoms with Crippen LogP contribution in [0.15, 0.2) is 22.8 Å². The number of aliphatic carboxylic acids is 1. The molecule has 1 unspecified atom stereocenters. The van der Waals surface area contributed by atoms with Gasteiger partial charge in [-0.05, 0) is 35.0 Å². The molecule has 1 heterocycles. The normalized spacial score (nSPS) is 13.3. The molecule has 17 heavy (non-hydrogen) atoms. The molecule has 5 nitrogen and oxygen atoms in total. The Balaban J connectivity index is 2.79. The Labute approximate surface area is 108 Å². The minimum Gasteiger partial charge on any atom is -0.481 e. The first-order valence-corrected chi connectivity index (χ1v) is 7.36. The van der Waals surface area contributed by atoms with Crippen molar-refractivity contribution in [1.82, 2.24) is 4.98 Å². The van der Waals surface area contributed by atoms with E-state index in [9.17, 15) is 13.2 Å². The lowest BCUT2D eigenvalue weighted by Gasteiger charge is -2.10. The number of sulfone groups is 1. The summed E-state index contributed by atoms with van der Waals surface area (Å²) >= 11 is 3.20. The van der Waals surface area contributed by atoms with Gasteiger partial charge in [-0.15, -0.1) is 0 Å². The van der Waals surface area contributed by atoms with E-state index < -0.39 is 27.5 Å². The molecule has 0 aromatic carbocycles. The lowest BCUT2D eigenvalue weighted by atomic mass is 10.3. The number of rotatable bonds is 5. The average molecular weight is 322 g/mol. The van der Waals surface area contributed by atoms with Crippen LogP contribution in [0.25, 0.3) is 0 Å². The molecule has 7 heteroatoms. The van der Waals surface area contributed by atoms with Gasteiger partial charge in [0.05, 0.1) is 23.1 Å². The third kappa shape index (κ3) is 4.43. The number of carboxylic acid groups (broad SMARTS) is 1. The zero-order chi connectivity index (χ0) is 13.1. The summed E-state index contributed by atoms with van der Waals surface area (Å²) in [5.41, 5.74) is 0.408. The second-order valence-corrected chi connectivity index (χ2v) is 7.02. The van der Waals surface area contributed by atoms with Gasteiger partial charge < -0.3 is 5.11 Å². The number of pyridine rings is 1. The molecule has 1 aromatic heterocycles. The third-order valence-corrected chi connectivity index (χ3v) is 4.77. The Hall–Kier alpha value is -0.950. The standard InChI is InChI=1S/C10H12BrNO4S/c1-7(4-10(13)14)17(15,16)6-9-3-2-8(11)5-12-9/h2-3,5,7H,4,6H2,1H3,(H,13,14). The van der Waals surface area contributed by atoms with Crippen molar-refractivity contribution in [2.45, 2.75) is 24.3 Å². The quantitative estimate of drug-likeness (QED) is 0.890. The summed E-state index contributed by atoms with van der Waals surface area (Å²) in [5.74, 6) is -1.36. The molecule has 0 saturated heterocycles.